The normalized spacial score (nSPS) is 21.7. The van der Waals surface area contributed by atoms with E-state index in [1.807, 2.05) is 11.0 Å². The Hall–Kier alpha value is -1.20. The molecule has 0 aliphatic carbocycles. The summed E-state index contributed by atoms with van der Waals surface area (Å²) in [6.07, 6.45) is 3.59. The molecule has 21 heavy (non-hydrogen) atoms. The monoisotopic (exact) mass is 324 g/mol. The number of hydrogen-bond donors (Lipinski definition) is 1. The van der Waals surface area contributed by atoms with E-state index in [1.165, 1.54) is 18.2 Å². The van der Waals surface area contributed by atoms with Crippen molar-refractivity contribution in [3.63, 3.8) is 0 Å². The molecule has 4 nitrogen and oxygen atoms in total. The van der Waals surface area contributed by atoms with Crippen molar-refractivity contribution >= 4 is 40.9 Å². The summed E-state index contributed by atoms with van der Waals surface area (Å²) in [7, 11) is 0. The van der Waals surface area contributed by atoms with Crippen LogP contribution in [0.4, 0.5) is 5.69 Å². The predicted octanol–water partition coefficient (Wildman–Crippen LogP) is 3.16. The lowest BCUT2D eigenvalue weighted by molar-refractivity contribution is -0.133. The highest BCUT2D eigenvalue weighted by molar-refractivity contribution is 8.01. The van der Waals surface area contributed by atoms with E-state index in [0.717, 1.165) is 36.5 Å². The fraction of sp³-hybridized carbons (Fsp3) is 0.467. The Morgan fingerprint density at radius 1 is 1.33 bits per heavy atom. The molecular weight excluding hydrogens is 308 g/mol. The third kappa shape index (κ3) is 3.35. The van der Waals surface area contributed by atoms with Crippen molar-refractivity contribution < 1.29 is 9.59 Å². The summed E-state index contributed by atoms with van der Waals surface area (Å²) in [4.78, 5) is 27.3. The second-order valence-corrected chi connectivity index (χ2v) is 7.06. The number of halogens is 1. The number of rotatable bonds is 2. The standard InChI is InChI=1S/C15H17ClN2O2S/c16-10-4-5-12-11(8-10)17-15(20)13(21-12)9-14(19)18-6-2-1-3-7-18/h4-5,8,13H,1-3,6-7,9H2,(H,17,20). The second-order valence-electron chi connectivity index (χ2n) is 5.38. The van der Waals surface area contributed by atoms with Crippen LogP contribution in [0.15, 0.2) is 23.1 Å². The number of piperidine rings is 1. The van der Waals surface area contributed by atoms with Crippen molar-refractivity contribution in [1.29, 1.82) is 0 Å². The van der Waals surface area contributed by atoms with Crippen LogP contribution in [-0.2, 0) is 9.59 Å². The molecule has 3 rings (SSSR count). The Morgan fingerprint density at radius 2 is 2.10 bits per heavy atom. The van der Waals surface area contributed by atoms with Gasteiger partial charge in [0.05, 0.1) is 10.9 Å². The average molecular weight is 325 g/mol. The molecule has 6 heteroatoms. The zero-order chi connectivity index (χ0) is 14.8. The van der Waals surface area contributed by atoms with Gasteiger partial charge in [-0.2, -0.15) is 0 Å². The molecule has 0 aromatic heterocycles. The Kier molecular flexibility index (Phi) is 4.40. The highest BCUT2D eigenvalue weighted by atomic mass is 35.5. The minimum Gasteiger partial charge on any atom is -0.343 e. The highest BCUT2D eigenvalue weighted by Crippen LogP contribution is 2.38. The molecule has 0 spiro atoms. The third-order valence-electron chi connectivity index (χ3n) is 3.83. The first-order valence-corrected chi connectivity index (χ1v) is 8.44. The van der Waals surface area contributed by atoms with Gasteiger partial charge in [-0.1, -0.05) is 11.6 Å². The van der Waals surface area contributed by atoms with Gasteiger partial charge in [0.1, 0.15) is 0 Å². The maximum atomic E-state index is 12.3. The van der Waals surface area contributed by atoms with E-state index < -0.39 is 0 Å². The summed E-state index contributed by atoms with van der Waals surface area (Å²) in [6.45, 7) is 1.65. The van der Waals surface area contributed by atoms with Gasteiger partial charge in [0.2, 0.25) is 11.8 Å². The predicted molar refractivity (Wildman–Crippen MR) is 84.8 cm³/mol. The largest absolute Gasteiger partial charge is 0.343 e. The molecule has 1 N–H and O–H groups in total. The summed E-state index contributed by atoms with van der Waals surface area (Å²) >= 11 is 7.37. The summed E-state index contributed by atoms with van der Waals surface area (Å²) in [5, 5.41) is 3.09. The van der Waals surface area contributed by atoms with Gasteiger partial charge in [0.25, 0.3) is 0 Å². The van der Waals surface area contributed by atoms with Gasteiger partial charge in [-0.25, -0.2) is 0 Å². The SMILES string of the molecule is O=C1Nc2cc(Cl)ccc2SC1CC(=O)N1CCCCC1. The van der Waals surface area contributed by atoms with Crippen LogP contribution in [-0.4, -0.2) is 35.1 Å². The van der Waals surface area contributed by atoms with Crippen LogP contribution in [0.3, 0.4) is 0 Å². The van der Waals surface area contributed by atoms with Gasteiger partial charge in [-0.05, 0) is 37.5 Å². The zero-order valence-corrected chi connectivity index (χ0v) is 13.2. The number of likely N-dealkylation sites (tertiary alicyclic amines) is 1. The summed E-state index contributed by atoms with van der Waals surface area (Å²) in [5.74, 6) is -0.0279. The lowest BCUT2D eigenvalue weighted by Gasteiger charge is -2.29. The molecule has 1 aromatic rings. The van der Waals surface area contributed by atoms with Crippen molar-refractivity contribution in [1.82, 2.24) is 4.90 Å². The van der Waals surface area contributed by atoms with Crippen LogP contribution in [0.25, 0.3) is 0 Å². The zero-order valence-electron chi connectivity index (χ0n) is 11.6. The summed E-state index contributed by atoms with van der Waals surface area (Å²) in [5.41, 5.74) is 0.735. The quantitative estimate of drug-likeness (QED) is 0.909. The van der Waals surface area contributed by atoms with Gasteiger partial charge in [0.15, 0.2) is 0 Å². The first-order valence-electron chi connectivity index (χ1n) is 7.18. The number of benzene rings is 1. The molecule has 2 amide bonds. The molecule has 1 atom stereocenters. The molecular formula is C15H17ClN2O2S. The van der Waals surface area contributed by atoms with Crippen molar-refractivity contribution in [3.05, 3.63) is 23.2 Å². The molecule has 2 aliphatic heterocycles. The number of anilines is 1. The number of thioether (sulfide) groups is 1. The minimum absolute atomic E-state index is 0.0831. The number of nitrogens with zero attached hydrogens (tertiary/aromatic N) is 1. The van der Waals surface area contributed by atoms with E-state index >= 15 is 0 Å². The van der Waals surface area contributed by atoms with Gasteiger partial charge >= 0.3 is 0 Å². The number of nitrogens with one attached hydrogen (secondary N) is 1. The Labute approximate surface area is 133 Å². The van der Waals surface area contributed by atoms with E-state index in [0.29, 0.717) is 5.02 Å². The Bertz CT molecular complexity index is 573. The fourth-order valence-corrected chi connectivity index (χ4v) is 3.94. The fourth-order valence-electron chi connectivity index (χ4n) is 2.69. The van der Waals surface area contributed by atoms with Gasteiger partial charge in [-0.15, -0.1) is 11.8 Å². The molecule has 1 saturated heterocycles. The van der Waals surface area contributed by atoms with E-state index in [-0.39, 0.29) is 23.5 Å². The third-order valence-corrected chi connectivity index (χ3v) is 5.34. The number of carbonyl (C=O) groups excluding carboxylic acids is 2. The summed E-state index contributed by atoms with van der Waals surface area (Å²) in [6, 6.07) is 5.43. The maximum Gasteiger partial charge on any atom is 0.238 e. The van der Waals surface area contributed by atoms with Crippen molar-refractivity contribution in [2.45, 2.75) is 35.8 Å². The number of amides is 2. The van der Waals surface area contributed by atoms with Crippen molar-refractivity contribution in [2.75, 3.05) is 18.4 Å². The first-order chi connectivity index (χ1) is 10.1. The van der Waals surface area contributed by atoms with Crippen LogP contribution in [0.2, 0.25) is 5.02 Å². The van der Waals surface area contributed by atoms with E-state index in [4.69, 9.17) is 11.6 Å². The topological polar surface area (TPSA) is 49.4 Å². The molecule has 2 heterocycles. The van der Waals surface area contributed by atoms with Crippen LogP contribution < -0.4 is 5.32 Å². The molecule has 2 aliphatic rings. The smallest absolute Gasteiger partial charge is 0.238 e. The molecule has 1 fully saturated rings. The van der Waals surface area contributed by atoms with Crippen LogP contribution in [0, 0.1) is 0 Å². The van der Waals surface area contributed by atoms with Crippen molar-refractivity contribution in [3.8, 4) is 0 Å². The van der Waals surface area contributed by atoms with Crippen LogP contribution in [0.1, 0.15) is 25.7 Å². The van der Waals surface area contributed by atoms with Gasteiger partial charge in [0, 0.05) is 29.4 Å². The van der Waals surface area contributed by atoms with Gasteiger partial charge in [-0.3, -0.25) is 9.59 Å². The van der Waals surface area contributed by atoms with Crippen LogP contribution >= 0.6 is 23.4 Å². The highest BCUT2D eigenvalue weighted by Gasteiger charge is 2.30. The number of carbonyl (C=O) groups is 2. The lowest BCUT2D eigenvalue weighted by atomic mass is 10.1. The van der Waals surface area contributed by atoms with Crippen LogP contribution in [0.5, 0.6) is 0 Å². The Morgan fingerprint density at radius 3 is 2.86 bits per heavy atom. The molecule has 1 aromatic carbocycles. The first kappa shape index (κ1) is 14.7. The average Bonchev–Trinajstić information content (AvgIpc) is 2.49. The van der Waals surface area contributed by atoms with Gasteiger partial charge < -0.3 is 10.2 Å². The number of hydrogen-bond acceptors (Lipinski definition) is 3. The Balaban J connectivity index is 1.67. The van der Waals surface area contributed by atoms with E-state index in [2.05, 4.69) is 5.32 Å². The molecule has 112 valence electrons. The summed E-state index contributed by atoms with van der Waals surface area (Å²) < 4.78 is 0. The number of fused-ring (bicyclic) bond motifs is 1. The molecule has 0 saturated carbocycles. The molecule has 0 bridgehead atoms. The minimum atomic E-state index is -0.354. The maximum absolute atomic E-state index is 12.3. The van der Waals surface area contributed by atoms with Crippen molar-refractivity contribution in [2.24, 2.45) is 0 Å². The second kappa shape index (κ2) is 6.28. The molecule has 1 unspecified atom stereocenters. The molecule has 0 radical (unpaired) electrons. The lowest BCUT2D eigenvalue weighted by Crippen LogP contribution is -2.39. The van der Waals surface area contributed by atoms with E-state index in [9.17, 15) is 9.59 Å². The van der Waals surface area contributed by atoms with E-state index in [1.54, 1.807) is 12.1 Å².